The quantitative estimate of drug-likeness (QED) is 0.923. The number of ether oxygens (including phenoxy) is 1. The van der Waals surface area contributed by atoms with Gasteiger partial charge in [-0.2, -0.15) is 0 Å². The van der Waals surface area contributed by atoms with Crippen molar-refractivity contribution in [2.75, 3.05) is 13.2 Å². The third-order valence-electron chi connectivity index (χ3n) is 3.04. The second-order valence-electron chi connectivity index (χ2n) is 4.69. The molecule has 16 heavy (non-hydrogen) atoms. The number of halogens is 1. The van der Waals surface area contributed by atoms with Crippen LogP contribution in [0.2, 0.25) is 0 Å². The van der Waals surface area contributed by atoms with Crippen LogP contribution >= 0.6 is 27.3 Å². The molecule has 0 bridgehead atoms. The number of rotatable bonds is 3. The van der Waals surface area contributed by atoms with Crippen LogP contribution in [0.5, 0.6) is 0 Å². The molecule has 1 saturated heterocycles. The molecular weight excluding hydrogens is 286 g/mol. The van der Waals surface area contributed by atoms with Gasteiger partial charge in [0.1, 0.15) is 0 Å². The Labute approximate surface area is 110 Å². The summed E-state index contributed by atoms with van der Waals surface area (Å²) in [5.41, 5.74) is 0.155. The molecule has 0 radical (unpaired) electrons. The van der Waals surface area contributed by atoms with Crippen molar-refractivity contribution in [3.8, 4) is 0 Å². The molecule has 0 aliphatic carbocycles. The Kier molecular flexibility index (Phi) is 4.06. The Bertz CT molecular complexity index is 338. The maximum atomic E-state index is 5.53. The minimum atomic E-state index is 0.155. The van der Waals surface area contributed by atoms with E-state index in [9.17, 15) is 0 Å². The smallest absolute Gasteiger partial charge is 0.0645 e. The van der Waals surface area contributed by atoms with Gasteiger partial charge in [-0.15, -0.1) is 11.3 Å². The summed E-state index contributed by atoms with van der Waals surface area (Å²) in [4.78, 5) is 2.73. The van der Waals surface area contributed by atoms with Gasteiger partial charge in [-0.25, -0.2) is 0 Å². The van der Waals surface area contributed by atoms with E-state index in [1.807, 2.05) is 11.3 Å². The number of nitrogens with one attached hydrogen (secondary N) is 1. The van der Waals surface area contributed by atoms with Gasteiger partial charge in [0, 0.05) is 32.9 Å². The largest absolute Gasteiger partial charge is 0.380 e. The van der Waals surface area contributed by atoms with Crippen LogP contribution in [-0.4, -0.2) is 18.8 Å². The Morgan fingerprint density at radius 1 is 1.62 bits per heavy atom. The SMILES string of the molecule is Cc1sc(CNC2(C)CCCOC2)cc1Br. The van der Waals surface area contributed by atoms with Crippen molar-refractivity contribution in [1.29, 1.82) is 0 Å². The van der Waals surface area contributed by atoms with E-state index in [0.717, 1.165) is 26.2 Å². The van der Waals surface area contributed by atoms with Crippen molar-refractivity contribution in [1.82, 2.24) is 5.32 Å². The van der Waals surface area contributed by atoms with Crippen LogP contribution in [0.1, 0.15) is 29.5 Å². The summed E-state index contributed by atoms with van der Waals surface area (Å²) in [7, 11) is 0. The first kappa shape index (κ1) is 12.6. The summed E-state index contributed by atoms with van der Waals surface area (Å²) < 4.78 is 6.76. The molecule has 0 spiro atoms. The van der Waals surface area contributed by atoms with Gasteiger partial charge in [0.15, 0.2) is 0 Å². The maximum absolute atomic E-state index is 5.53. The predicted octanol–water partition coefficient (Wildman–Crippen LogP) is 3.48. The molecule has 1 unspecified atom stereocenters. The van der Waals surface area contributed by atoms with E-state index in [-0.39, 0.29) is 5.54 Å². The zero-order chi connectivity index (χ0) is 11.6. The first-order valence-corrected chi connectivity index (χ1v) is 7.28. The Hall–Kier alpha value is 0.100. The van der Waals surface area contributed by atoms with E-state index < -0.39 is 0 Å². The lowest BCUT2D eigenvalue weighted by Gasteiger charge is -2.34. The highest BCUT2D eigenvalue weighted by Crippen LogP contribution is 2.27. The van der Waals surface area contributed by atoms with Gasteiger partial charge in [0.2, 0.25) is 0 Å². The fraction of sp³-hybridized carbons (Fsp3) is 0.667. The standard InChI is InChI=1S/C12H18BrNOS/c1-9-11(13)6-10(16-9)7-14-12(2)4-3-5-15-8-12/h6,14H,3-5,7-8H2,1-2H3. The monoisotopic (exact) mass is 303 g/mol. The zero-order valence-corrected chi connectivity index (χ0v) is 12.2. The van der Waals surface area contributed by atoms with E-state index in [0.29, 0.717) is 0 Å². The zero-order valence-electron chi connectivity index (χ0n) is 9.81. The molecule has 2 heterocycles. The van der Waals surface area contributed by atoms with Crippen LogP contribution in [0, 0.1) is 6.92 Å². The van der Waals surface area contributed by atoms with Crippen molar-refractivity contribution >= 4 is 27.3 Å². The maximum Gasteiger partial charge on any atom is 0.0645 e. The van der Waals surface area contributed by atoms with E-state index in [1.165, 1.54) is 20.6 Å². The normalized spacial score (nSPS) is 25.9. The Balaban J connectivity index is 1.91. The molecule has 90 valence electrons. The van der Waals surface area contributed by atoms with E-state index in [1.54, 1.807) is 0 Å². The average Bonchev–Trinajstić information content (AvgIpc) is 2.57. The fourth-order valence-electron chi connectivity index (χ4n) is 1.98. The third kappa shape index (κ3) is 3.06. The summed E-state index contributed by atoms with van der Waals surface area (Å²) in [5.74, 6) is 0. The van der Waals surface area contributed by atoms with E-state index >= 15 is 0 Å². The molecule has 0 aromatic carbocycles. The molecule has 2 rings (SSSR count). The van der Waals surface area contributed by atoms with Gasteiger partial charge < -0.3 is 10.1 Å². The highest BCUT2D eigenvalue weighted by Gasteiger charge is 2.26. The summed E-state index contributed by atoms with van der Waals surface area (Å²) in [5, 5.41) is 3.62. The van der Waals surface area contributed by atoms with Gasteiger partial charge in [0.25, 0.3) is 0 Å². The highest BCUT2D eigenvalue weighted by atomic mass is 79.9. The minimum absolute atomic E-state index is 0.155. The van der Waals surface area contributed by atoms with Crippen molar-refractivity contribution in [2.45, 2.75) is 38.8 Å². The molecule has 1 atom stereocenters. The van der Waals surface area contributed by atoms with E-state index in [4.69, 9.17) is 4.74 Å². The number of aryl methyl sites for hydroxylation is 1. The lowest BCUT2D eigenvalue weighted by atomic mass is 9.95. The van der Waals surface area contributed by atoms with Gasteiger partial charge in [0.05, 0.1) is 6.61 Å². The lowest BCUT2D eigenvalue weighted by molar-refractivity contribution is 0.0279. The molecule has 1 N–H and O–H groups in total. The van der Waals surface area contributed by atoms with Crippen LogP contribution in [0.3, 0.4) is 0 Å². The Morgan fingerprint density at radius 3 is 3.00 bits per heavy atom. The minimum Gasteiger partial charge on any atom is -0.380 e. The first-order chi connectivity index (χ1) is 7.59. The molecule has 1 fully saturated rings. The molecule has 2 nitrogen and oxygen atoms in total. The van der Waals surface area contributed by atoms with Crippen LogP contribution in [0.4, 0.5) is 0 Å². The molecular formula is C12H18BrNOS. The van der Waals surface area contributed by atoms with Crippen molar-refractivity contribution < 1.29 is 4.74 Å². The molecule has 1 aliphatic heterocycles. The molecule has 0 amide bonds. The second kappa shape index (κ2) is 5.17. The number of hydrogen-bond acceptors (Lipinski definition) is 3. The second-order valence-corrected chi connectivity index (χ2v) is 6.88. The molecule has 0 saturated carbocycles. The van der Waals surface area contributed by atoms with Crippen LogP contribution in [0.15, 0.2) is 10.5 Å². The van der Waals surface area contributed by atoms with Gasteiger partial charge in [-0.3, -0.25) is 0 Å². The summed E-state index contributed by atoms with van der Waals surface area (Å²) in [6.45, 7) is 7.09. The van der Waals surface area contributed by atoms with Crippen LogP contribution < -0.4 is 5.32 Å². The number of thiophene rings is 1. The molecule has 1 aliphatic rings. The lowest BCUT2D eigenvalue weighted by Crippen LogP contribution is -2.48. The average molecular weight is 304 g/mol. The van der Waals surface area contributed by atoms with Gasteiger partial charge in [-0.05, 0) is 48.7 Å². The molecule has 4 heteroatoms. The van der Waals surface area contributed by atoms with Gasteiger partial charge in [-0.1, -0.05) is 0 Å². The third-order valence-corrected chi connectivity index (χ3v) is 5.17. The fourth-order valence-corrected chi connectivity index (χ4v) is 3.52. The Morgan fingerprint density at radius 2 is 2.44 bits per heavy atom. The first-order valence-electron chi connectivity index (χ1n) is 5.67. The van der Waals surface area contributed by atoms with Crippen LogP contribution in [0.25, 0.3) is 0 Å². The number of hydrogen-bond donors (Lipinski definition) is 1. The highest BCUT2D eigenvalue weighted by molar-refractivity contribution is 9.10. The van der Waals surface area contributed by atoms with Crippen molar-refractivity contribution in [3.63, 3.8) is 0 Å². The molecule has 1 aromatic rings. The molecule has 1 aromatic heterocycles. The van der Waals surface area contributed by atoms with Crippen molar-refractivity contribution in [3.05, 3.63) is 20.3 Å². The summed E-state index contributed by atoms with van der Waals surface area (Å²) in [6, 6.07) is 2.21. The van der Waals surface area contributed by atoms with Gasteiger partial charge >= 0.3 is 0 Å². The topological polar surface area (TPSA) is 21.3 Å². The van der Waals surface area contributed by atoms with E-state index in [2.05, 4.69) is 41.2 Å². The summed E-state index contributed by atoms with van der Waals surface area (Å²) in [6.07, 6.45) is 2.37. The predicted molar refractivity (Wildman–Crippen MR) is 72.1 cm³/mol. The van der Waals surface area contributed by atoms with Crippen molar-refractivity contribution in [2.24, 2.45) is 0 Å². The summed E-state index contributed by atoms with van der Waals surface area (Å²) >= 11 is 5.40. The van der Waals surface area contributed by atoms with Crippen LogP contribution in [-0.2, 0) is 11.3 Å².